The molecule has 2 aromatic rings. The number of aromatic nitrogens is 2. The summed E-state index contributed by atoms with van der Waals surface area (Å²) in [5, 5.41) is 3.87. The van der Waals surface area contributed by atoms with Crippen molar-refractivity contribution in [2.75, 3.05) is 14.1 Å². The first-order valence-electron chi connectivity index (χ1n) is 6.79. The number of ketones is 1. The lowest BCUT2D eigenvalue weighted by atomic mass is 10.1. The van der Waals surface area contributed by atoms with E-state index in [2.05, 4.69) is 5.10 Å². The van der Waals surface area contributed by atoms with Crippen LogP contribution in [0.4, 0.5) is 13.2 Å². The minimum absolute atomic E-state index is 0.178. The first kappa shape index (κ1) is 16.8. The third-order valence-electron chi connectivity index (χ3n) is 3.16. The van der Waals surface area contributed by atoms with Gasteiger partial charge < -0.3 is 4.90 Å². The van der Waals surface area contributed by atoms with Gasteiger partial charge in [-0.25, -0.2) is 0 Å². The highest BCUT2D eigenvalue weighted by Crippen LogP contribution is 2.31. The van der Waals surface area contributed by atoms with Gasteiger partial charge in [-0.1, -0.05) is 24.3 Å². The van der Waals surface area contributed by atoms with Gasteiger partial charge in [0.25, 0.3) is 0 Å². The number of aryl methyl sites for hydroxylation is 1. The second-order valence-electron chi connectivity index (χ2n) is 5.26. The topological polar surface area (TPSA) is 38.1 Å². The zero-order valence-electron chi connectivity index (χ0n) is 12.9. The first-order valence-corrected chi connectivity index (χ1v) is 6.79. The Kier molecular flexibility index (Phi) is 4.58. The highest BCUT2D eigenvalue weighted by molar-refractivity contribution is 6.04. The summed E-state index contributed by atoms with van der Waals surface area (Å²) < 4.78 is 39.1. The monoisotopic (exact) mass is 323 g/mol. The Bertz CT molecular complexity index is 728. The molecule has 4 nitrogen and oxygen atoms in total. The van der Waals surface area contributed by atoms with Crippen LogP contribution >= 0.6 is 0 Å². The van der Waals surface area contributed by atoms with Crippen molar-refractivity contribution >= 4 is 5.78 Å². The van der Waals surface area contributed by atoms with Crippen molar-refractivity contribution in [2.45, 2.75) is 6.18 Å². The second kappa shape index (κ2) is 6.28. The molecule has 0 fully saturated rings. The van der Waals surface area contributed by atoms with Crippen LogP contribution in [0.25, 0.3) is 11.3 Å². The number of rotatable bonds is 4. The van der Waals surface area contributed by atoms with E-state index in [0.29, 0.717) is 11.1 Å². The van der Waals surface area contributed by atoms with Crippen molar-refractivity contribution in [2.24, 2.45) is 7.05 Å². The van der Waals surface area contributed by atoms with Crippen LogP contribution in [0.5, 0.6) is 0 Å². The summed E-state index contributed by atoms with van der Waals surface area (Å²) in [6.07, 6.45) is -1.39. The summed E-state index contributed by atoms with van der Waals surface area (Å²) in [7, 11) is 4.84. The molecule has 0 bridgehead atoms. The van der Waals surface area contributed by atoms with E-state index in [1.807, 2.05) is 0 Å². The maximum Gasteiger partial charge on any atom is 0.433 e. The lowest BCUT2D eigenvalue weighted by molar-refractivity contribution is -0.143. The molecule has 0 N–H and O–H groups in total. The SMILES string of the molecule is CN(C)C=CC(=O)c1ccc(-c2cc(C(F)(F)F)n(C)n2)cc1. The number of hydrogen-bond acceptors (Lipinski definition) is 3. The summed E-state index contributed by atoms with van der Waals surface area (Å²) in [6, 6.07) is 7.29. The average Bonchev–Trinajstić information content (AvgIpc) is 2.87. The number of alkyl halides is 3. The third-order valence-corrected chi connectivity index (χ3v) is 3.16. The molecule has 1 heterocycles. The summed E-state index contributed by atoms with van der Waals surface area (Å²) in [6.45, 7) is 0. The van der Waals surface area contributed by atoms with E-state index >= 15 is 0 Å². The van der Waals surface area contributed by atoms with Crippen LogP contribution < -0.4 is 0 Å². The minimum atomic E-state index is -4.45. The van der Waals surface area contributed by atoms with Gasteiger partial charge in [-0.2, -0.15) is 18.3 Å². The van der Waals surface area contributed by atoms with E-state index in [1.54, 1.807) is 49.5 Å². The molecule has 1 aromatic carbocycles. The fraction of sp³-hybridized carbons (Fsp3) is 0.250. The Morgan fingerprint density at radius 1 is 1.22 bits per heavy atom. The van der Waals surface area contributed by atoms with Crippen molar-refractivity contribution in [3.05, 3.63) is 53.9 Å². The van der Waals surface area contributed by atoms with Crippen molar-refractivity contribution in [3.8, 4) is 11.3 Å². The van der Waals surface area contributed by atoms with Crippen LogP contribution in [0.1, 0.15) is 16.1 Å². The van der Waals surface area contributed by atoms with Crippen molar-refractivity contribution in [3.63, 3.8) is 0 Å². The Hall–Kier alpha value is -2.57. The van der Waals surface area contributed by atoms with Gasteiger partial charge in [-0.3, -0.25) is 9.48 Å². The van der Waals surface area contributed by atoms with Gasteiger partial charge in [-0.05, 0) is 6.07 Å². The van der Waals surface area contributed by atoms with E-state index in [-0.39, 0.29) is 11.5 Å². The van der Waals surface area contributed by atoms with Crippen LogP contribution in [0.15, 0.2) is 42.6 Å². The first-order chi connectivity index (χ1) is 10.7. The van der Waals surface area contributed by atoms with E-state index in [0.717, 1.165) is 10.7 Å². The number of halogens is 3. The van der Waals surface area contributed by atoms with E-state index in [9.17, 15) is 18.0 Å². The smallest absolute Gasteiger partial charge is 0.383 e. The number of carbonyl (C=O) groups excluding carboxylic acids is 1. The molecule has 0 aliphatic rings. The normalized spacial score (nSPS) is 11.9. The number of hydrogen-bond donors (Lipinski definition) is 0. The van der Waals surface area contributed by atoms with Gasteiger partial charge in [0.05, 0.1) is 5.69 Å². The standard InChI is InChI=1S/C16H16F3N3O/c1-21(2)9-8-14(23)12-6-4-11(5-7-12)13-10-15(16(17,18)19)22(3)20-13/h4-10H,1-3H3. The fourth-order valence-electron chi connectivity index (χ4n) is 1.99. The molecule has 1 aromatic heterocycles. The van der Waals surface area contributed by atoms with Gasteiger partial charge in [0.1, 0.15) is 5.69 Å². The van der Waals surface area contributed by atoms with Gasteiger partial charge in [0, 0.05) is 44.5 Å². The lowest BCUT2D eigenvalue weighted by Gasteiger charge is -2.04. The Balaban J connectivity index is 2.25. The summed E-state index contributed by atoms with van der Waals surface area (Å²) in [5.74, 6) is -0.178. The summed E-state index contributed by atoms with van der Waals surface area (Å²) >= 11 is 0. The van der Waals surface area contributed by atoms with Crippen molar-refractivity contribution in [1.82, 2.24) is 14.7 Å². The number of allylic oxidation sites excluding steroid dienone is 1. The van der Waals surface area contributed by atoms with Gasteiger partial charge in [0.15, 0.2) is 5.78 Å². The Morgan fingerprint density at radius 3 is 2.30 bits per heavy atom. The summed E-state index contributed by atoms with van der Waals surface area (Å²) in [5.41, 5.74) is 0.368. The molecule has 0 saturated carbocycles. The molecule has 0 aliphatic heterocycles. The maximum absolute atomic E-state index is 12.8. The molecular formula is C16H16F3N3O. The van der Waals surface area contributed by atoms with Gasteiger partial charge in [0.2, 0.25) is 0 Å². The van der Waals surface area contributed by atoms with Gasteiger partial charge >= 0.3 is 6.18 Å². The Morgan fingerprint density at radius 2 is 1.83 bits per heavy atom. The quantitative estimate of drug-likeness (QED) is 0.640. The Labute approximate surface area is 131 Å². The van der Waals surface area contributed by atoms with Crippen molar-refractivity contribution in [1.29, 1.82) is 0 Å². The molecule has 0 aliphatic carbocycles. The zero-order chi connectivity index (χ0) is 17.2. The number of carbonyl (C=O) groups is 1. The lowest BCUT2D eigenvalue weighted by Crippen LogP contribution is -2.11. The fourth-order valence-corrected chi connectivity index (χ4v) is 1.99. The maximum atomic E-state index is 12.8. The van der Waals surface area contributed by atoms with Crippen LogP contribution in [0.2, 0.25) is 0 Å². The molecule has 0 amide bonds. The van der Waals surface area contributed by atoms with Crippen LogP contribution in [-0.4, -0.2) is 34.6 Å². The predicted octanol–water partition coefficient (Wildman–Crippen LogP) is 3.36. The van der Waals surface area contributed by atoms with E-state index in [1.165, 1.54) is 13.1 Å². The molecule has 0 unspecified atom stereocenters. The van der Waals surface area contributed by atoms with E-state index in [4.69, 9.17) is 0 Å². The van der Waals surface area contributed by atoms with Crippen LogP contribution in [-0.2, 0) is 13.2 Å². The third kappa shape index (κ3) is 4.00. The molecule has 0 radical (unpaired) electrons. The van der Waals surface area contributed by atoms with Crippen LogP contribution in [0.3, 0.4) is 0 Å². The minimum Gasteiger partial charge on any atom is -0.383 e. The second-order valence-corrected chi connectivity index (χ2v) is 5.26. The van der Waals surface area contributed by atoms with Crippen molar-refractivity contribution < 1.29 is 18.0 Å². The molecule has 2 rings (SSSR count). The average molecular weight is 323 g/mol. The van der Waals surface area contributed by atoms with Crippen LogP contribution in [0, 0.1) is 0 Å². The largest absolute Gasteiger partial charge is 0.433 e. The van der Waals surface area contributed by atoms with Gasteiger partial charge in [-0.15, -0.1) is 0 Å². The molecule has 7 heteroatoms. The highest BCUT2D eigenvalue weighted by atomic mass is 19.4. The number of benzene rings is 1. The molecular weight excluding hydrogens is 307 g/mol. The molecule has 0 saturated heterocycles. The highest BCUT2D eigenvalue weighted by Gasteiger charge is 2.35. The van der Waals surface area contributed by atoms with E-state index < -0.39 is 11.9 Å². The zero-order valence-corrected chi connectivity index (χ0v) is 12.9. The number of nitrogens with zero attached hydrogens (tertiary/aromatic N) is 3. The predicted molar refractivity (Wildman–Crippen MR) is 80.8 cm³/mol. The molecule has 23 heavy (non-hydrogen) atoms. The molecule has 0 atom stereocenters. The molecule has 0 spiro atoms. The summed E-state index contributed by atoms with van der Waals surface area (Å²) in [4.78, 5) is 13.6. The molecule has 122 valence electrons.